The lowest BCUT2D eigenvalue weighted by Gasteiger charge is -2.35. The second-order valence-electron chi connectivity index (χ2n) is 7.75. The molecule has 1 aromatic heterocycles. The van der Waals surface area contributed by atoms with Crippen LogP contribution < -0.4 is 5.43 Å². The average Bonchev–Trinajstić information content (AvgIpc) is 2.69. The maximum absolute atomic E-state index is 13.2. The summed E-state index contributed by atoms with van der Waals surface area (Å²) in [5, 5.41) is 10.7. The minimum atomic E-state index is -0.917. The normalized spacial score (nSPS) is 15.9. The van der Waals surface area contributed by atoms with Crippen LogP contribution in [0.3, 0.4) is 0 Å². The lowest BCUT2D eigenvalue weighted by atomic mass is 9.68. The average molecular weight is 380 g/mol. The van der Waals surface area contributed by atoms with Crippen LogP contribution in [0.25, 0.3) is 17.1 Å². The summed E-state index contributed by atoms with van der Waals surface area (Å²) in [7, 11) is 0. The fourth-order valence-electron chi connectivity index (χ4n) is 4.10. The lowest BCUT2D eigenvalue weighted by Crippen LogP contribution is -2.41. The second-order valence-corrected chi connectivity index (χ2v) is 7.75. The van der Waals surface area contributed by atoms with Crippen molar-refractivity contribution in [1.82, 2.24) is 0 Å². The largest absolute Gasteiger partial charge is 0.507 e. The molecule has 2 aromatic rings. The van der Waals surface area contributed by atoms with Gasteiger partial charge in [-0.25, -0.2) is 0 Å². The number of rotatable bonds is 5. The van der Waals surface area contributed by atoms with Gasteiger partial charge in [0.2, 0.25) is 0 Å². The third-order valence-corrected chi connectivity index (χ3v) is 6.04. The number of allylic oxidation sites excluding steroid dienone is 1. The molecule has 28 heavy (non-hydrogen) atoms. The first-order valence-electron chi connectivity index (χ1n) is 10.1. The van der Waals surface area contributed by atoms with Crippen molar-refractivity contribution in [2.24, 2.45) is 0 Å². The van der Waals surface area contributed by atoms with Gasteiger partial charge in [-0.15, -0.1) is 0 Å². The monoisotopic (exact) mass is 380 g/mol. The molecule has 0 saturated carbocycles. The van der Waals surface area contributed by atoms with E-state index in [4.69, 9.17) is 4.42 Å². The quantitative estimate of drug-likeness (QED) is 0.717. The Bertz CT molecular complexity index is 986. The first-order valence-corrected chi connectivity index (χ1v) is 10.1. The second kappa shape index (κ2) is 7.42. The van der Waals surface area contributed by atoms with Crippen molar-refractivity contribution in [3.8, 4) is 11.3 Å². The van der Waals surface area contributed by atoms with E-state index >= 15 is 0 Å². The predicted octanol–water partition coefficient (Wildman–Crippen LogP) is 5.75. The Morgan fingerprint density at radius 1 is 1.04 bits per heavy atom. The third kappa shape index (κ3) is 2.92. The van der Waals surface area contributed by atoms with Gasteiger partial charge in [-0.1, -0.05) is 58.9 Å². The topological polar surface area (TPSA) is 67.5 Å². The Hall–Kier alpha value is -2.62. The van der Waals surface area contributed by atoms with Crippen molar-refractivity contribution in [1.29, 1.82) is 0 Å². The molecule has 0 bridgehead atoms. The predicted molar refractivity (Wildman–Crippen MR) is 112 cm³/mol. The summed E-state index contributed by atoms with van der Waals surface area (Å²) in [5.41, 5.74) is 1.21. The molecule has 0 spiro atoms. The van der Waals surface area contributed by atoms with Crippen molar-refractivity contribution < 1.29 is 14.3 Å². The smallest absolute Gasteiger partial charge is 0.196 e. The highest BCUT2D eigenvalue weighted by molar-refractivity contribution is 6.10. The van der Waals surface area contributed by atoms with E-state index in [0.717, 1.165) is 5.56 Å². The van der Waals surface area contributed by atoms with E-state index in [1.54, 1.807) is 0 Å². The first kappa shape index (κ1) is 20.1. The zero-order valence-electron chi connectivity index (χ0n) is 17.3. The maximum Gasteiger partial charge on any atom is 0.196 e. The summed E-state index contributed by atoms with van der Waals surface area (Å²) in [6.45, 7) is 9.90. The fraction of sp³-hybridized carbons (Fsp3) is 0.417. The van der Waals surface area contributed by atoms with Gasteiger partial charge in [0, 0.05) is 17.2 Å². The van der Waals surface area contributed by atoms with Crippen molar-refractivity contribution in [2.45, 2.75) is 65.2 Å². The van der Waals surface area contributed by atoms with Gasteiger partial charge in [-0.2, -0.15) is 0 Å². The maximum atomic E-state index is 13.2. The van der Waals surface area contributed by atoms with Crippen LogP contribution >= 0.6 is 0 Å². The van der Waals surface area contributed by atoms with Crippen LogP contribution in [0.2, 0.25) is 0 Å². The van der Waals surface area contributed by atoms with Gasteiger partial charge in [0.15, 0.2) is 11.2 Å². The molecule has 0 aliphatic heterocycles. The van der Waals surface area contributed by atoms with Crippen LogP contribution in [-0.2, 0) is 10.2 Å². The summed E-state index contributed by atoms with van der Waals surface area (Å²) >= 11 is 0. The molecule has 0 fully saturated rings. The molecule has 1 aromatic carbocycles. The van der Waals surface area contributed by atoms with Crippen molar-refractivity contribution in [3.05, 3.63) is 63.0 Å². The van der Waals surface area contributed by atoms with E-state index in [0.29, 0.717) is 42.3 Å². The van der Waals surface area contributed by atoms with E-state index in [1.807, 2.05) is 45.0 Å². The van der Waals surface area contributed by atoms with Crippen molar-refractivity contribution in [3.63, 3.8) is 0 Å². The van der Waals surface area contributed by atoms with Crippen LogP contribution in [0.4, 0.5) is 0 Å². The highest BCUT2D eigenvalue weighted by Gasteiger charge is 2.48. The summed E-state index contributed by atoms with van der Waals surface area (Å²) in [6.07, 6.45) is 1.39. The van der Waals surface area contributed by atoms with Crippen molar-refractivity contribution >= 4 is 11.5 Å². The Kier molecular flexibility index (Phi) is 5.33. The van der Waals surface area contributed by atoms with Crippen LogP contribution in [-0.4, -0.2) is 10.9 Å². The molecule has 0 saturated heterocycles. The van der Waals surface area contributed by atoms with Crippen LogP contribution in [0.5, 0.6) is 0 Å². The van der Waals surface area contributed by atoms with Gasteiger partial charge < -0.3 is 9.52 Å². The summed E-state index contributed by atoms with van der Waals surface area (Å²) in [4.78, 5) is 26.2. The third-order valence-electron chi connectivity index (χ3n) is 6.04. The molecule has 4 heteroatoms. The fourth-order valence-corrected chi connectivity index (χ4v) is 4.10. The molecule has 1 N–H and O–H groups in total. The van der Waals surface area contributed by atoms with Crippen LogP contribution in [0, 0.1) is 0 Å². The van der Waals surface area contributed by atoms with Gasteiger partial charge in [0.1, 0.15) is 22.8 Å². The molecule has 0 unspecified atom stereocenters. The Balaban J connectivity index is 2.28. The molecule has 148 valence electrons. The molecule has 0 atom stereocenters. The molecule has 0 amide bonds. The molecule has 3 rings (SSSR count). The van der Waals surface area contributed by atoms with Gasteiger partial charge in [0.05, 0.1) is 5.41 Å². The highest BCUT2D eigenvalue weighted by Crippen LogP contribution is 2.44. The first-order chi connectivity index (χ1) is 13.3. The molecule has 1 heterocycles. The van der Waals surface area contributed by atoms with Gasteiger partial charge >= 0.3 is 0 Å². The van der Waals surface area contributed by atoms with Crippen LogP contribution in [0.15, 0.2) is 45.1 Å². The molecular formula is C24H28O4. The molecular weight excluding hydrogens is 352 g/mol. The van der Waals surface area contributed by atoms with Crippen LogP contribution in [0.1, 0.15) is 76.7 Å². The minimum Gasteiger partial charge on any atom is -0.507 e. The number of hydrogen-bond donors (Lipinski definition) is 1. The number of benzene rings is 1. The lowest BCUT2D eigenvalue weighted by molar-refractivity contribution is -0.122. The number of ketones is 1. The SMILES string of the molecule is CCC1=C(O)c2c(oc(-c3ccc(C(C)C)cc3)cc2=O)C(CC)(CC)C1=O. The zero-order chi connectivity index (χ0) is 20.6. The van der Waals surface area contributed by atoms with Gasteiger partial charge in [-0.3, -0.25) is 9.59 Å². The molecule has 4 nitrogen and oxygen atoms in total. The summed E-state index contributed by atoms with van der Waals surface area (Å²) < 4.78 is 6.18. The van der Waals surface area contributed by atoms with E-state index in [-0.39, 0.29) is 22.5 Å². The minimum absolute atomic E-state index is 0.138. The Morgan fingerprint density at radius 3 is 2.14 bits per heavy atom. The number of aliphatic hydroxyl groups is 1. The number of hydrogen-bond acceptors (Lipinski definition) is 4. The number of aliphatic hydroxyl groups excluding tert-OH is 1. The number of carbonyl (C=O) groups excluding carboxylic acids is 1. The van der Waals surface area contributed by atoms with Gasteiger partial charge in [-0.05, 0) is 30.7 Å². The molecule has 0 radical (unpaired) electrons. The standard InChI is InChI=1S/C24H28O4/c1-6-17-21(26)20-18(25)13-19(16-11-9-15(10-12-16)14(4)5)28-23(20)24(7-2,8-3)22(17)27/h9-14,26H,6-8H2,1-5H3. The molecule has 1 aliphatic carbocycles. The highest BCUT2D eigenvalue weighted by atomic mass is 16.3. The number of Topliss-reactive ketones (excluding diaryl/α,β-unsaturated/α-hetero) is 1. The Labute approximate surface area is 165 Å². The van der Waals surface area contributed by atoms with Crippen molar-refractivity contribution in [2.75, 3.05) is 0 Å². The summed E-state index contributed by atoms with van der Waals surface area (Å²) in [5.74, 6) is 0.763. The summed E-state index contributed by atoms with van der Waals surface area (Å²) in [6, 6.07) is 9.31. The van der Waals surface area contributed by atoms with E-state index in [1.165, 1.54) is 11.6 Å². The molecule has 1 aliphatic rings. The zero-order valence-corrected chi connectivity index (χ0v) is 17.3. The number of fused-ring (bicyclic) bond motifs is 1. The van der Waals surface area contributed by atoms with E-state index in [9.17, 15) is 14.7 Å². The van der Waals surface area contributed by atoms with E-state index < -0.39 is 5.41 Å². The number of carbonyl (C=O) groups is 1. The Morgan fingerprint density at radius 2 is 1.64 bits per heavy atom. The van der Waals surface area contributed by atoms with E-state index in [2.05, 4.69) is 13.8 Å². The van der Waals surface area contributed by atoms with Gasteiger partial charge in [0.25, 0.3) is 0 Å².